The molecule has 0 amide bonds. The molecule has 0 heterocycles. The van der Waals surface area contributed by atoms with Crippen LogP contribution in [-0.2, 0) is 0 Å². The molecule has 1 N–H and O–H groups in total. The summed E-state index contributed by atoms with van der Waals surface area (Å²) in [6.07, 6.45) is 12.7. The lowest BCUT2D eigenvalue weighted by Crippen LogP contribution is -2.45. The van der Waals surface area contributed by atoms with Gasteiger partial charge in [0.1, 0.15) is 0 Å². The van der Waals surface area contributed by atoms with Crippen molar-refractivity contribution >= 4 is 0 Å². The van der Waals surface area contributed by atoms with E-state index >= 15 is 0 Å². The molecule has 1 saturated carbocycles. The van der Waals surface area contributed by atoms with E-state index < -0.39 is 0 Å². The lowest BCUT2D eigenvalue weighted by Gasteiger charge is -2.45. The van der Waals surface area contributed by atoms with Crippen LogP contribution in [0.5, 0.6) is 0 Å². The summed E-state index contributed by atoms with van der Waals surface area (Å²) in [6.45, 7) is 11.0. The van der Waals surface area contributed by atoms with Crippen LogP contribution in [0.4, 0.5) is 0 Å². The Bertz CT molecular complexity index is 285. The van der Waals surface area contributed by atoms with Gasteiger partial charge >= 0.3 is 0 Å². The molecule has 0 bridgehead atoms. The number of nitrogens with one attached hydrogen (secondary N) is 1. The molecular formula is C17H31N. The average molecular weight is 249 g/mol. The van der Waals surface area contributed by atoms with Gasteiger partial charge in [-0.25, -0.2) is 0 Å². The van der Waals surface area contributed by atoms with Crippen molar-refractivity contribution in [2.45, 2.75) is 72.3 Å². The van der Waals surface area contributed by atoms with Gasteiger partial charge in [0.2, 0.25) is 0 Å². The van der Waals surface area contributed by atoms with Crippen molar-refractivity contribution in [3.05, 3.63) is 12.2 Å². The highest BCUT2D eigenvalue weighted by Crippen LogP contribution is 2.45. The SMILES string of the molecule is CC1(C)CC(NCC2CC=CCC2)CC(C)(C)C1. The summed E-state index contributed by atoms with van der Waals surface area (Å²) in [5, 5.41) is 3.87. The van der Waals surface area contributed by atoms with E-state index in [-0.39, 0.29) is 0 Å². The summed E-state index contributed by atoms with van der Waals surface area (Å²) >= 11 is 0. The summed E-state index contributed by atoms with van der Waals surface area (Å²) < 4.78 is 0. The Morgan fingerprint density at radius 1 is 1.06 bits per heavy atom. The van der Waals surface area contributed by atoms with Crippen LogP contribution in [0.2, 0.25) is 0 Å². The molecule has 0 aromatic carbocycles. The highest BCUT2D eigenvalue weighted by molar-refractivity contribution is 4.94. The van der Waals surface area contributed by atoms with E-state index in [1.807, 2.05) is 0 Å². The Labute approximate surface area is 113 Å². The van der Waals surface area contributed by atoms with Gasteiger partial charge < -0.3 is 5.32 Å². The molecule has 0 aromatic heterocycles. The topological polar surface area (TPSA) is 12.0 Å². The third-order valence-corrected chi connectivity index (χ3v) is 4.63. The van der Waals surface area contributed by atoms with Crippen LogP contribution in [-0.4, -0.2) is 12.6 Å². The molecule has 1 unspecified atom stereocenters. The van der Waals surface area contributed by atoms with Gasteiger partial charge in [0.05, 0.1) is 0 Å². The van der Waals surface area contributed by atoms with E-state index in [0.717, 1.165) is 12.0 Å². The van der Waals surface area contributed by atoms with Crippen molar-refractivity contribution in [2.75, 3.05) is 6.54 Å². The van der Waals surface area contributed by atoms with Crippen LogP contribution < -0.4 is 5.32 Å². The quantitative estimate of drug-likeness (QED) is 0.724. The van der Waals surface area contributed by atoms with Crippen LogP contribution in [0, 0.1) is 16.7 Å². The third kappa shape index (κ3) is 4.12. The average Bonchev–Trinajstić information content (AvgIpc) is 2.24. The van der Waals surface area contributed by atoms with E-state index in [4.69, 9.17) is 0 Å². The minimum absolute atomic E-state index is 0.506. The van der Waals surface area contributed by atoms with Crippen LogP contribution >= 0.6 is 0 Å². The Balaban J connectivity index is 1.83. The van der Waals surface area contributed by atoms with E-state index in [1.165, 1.54) is 45.1 Å². The highest BCUT2D eigenvalue weighted by atomic mass is 14.9. The lowest BCUT2D eigenvalue weighted by atomic mass is 9.63. The lowest BCUT2D eigenvalue weighted by molar-refractivity contribution is 0.0832. The standard InChI is InChI=1S/C17H31N/c1-16(2)10-15(11-17(3,4)13-16)18-12-14-8-6-5-7-9-14/h5-6,14-15,18H,7-13H2,1-4H3. The molecule has 0 radical (unpaired) electrons. The molecule has 0 saturated heterocycles. The molecule has 2 aliphatic carbocycles. The Kier molecular flexibility index (Phi) is 4.21. The van der Waals surface area contributed by atoms with E-state index in [0.29, 0.717) is 10.8 Å². The fraction of sp³-hybridized carbons (Fsp3) is 0.882. The molecule has 0 aromatic rings. The van der Waals surface area contributed by atoms with Crippen molar-refractivity contribution < 1.29 is 0 Å². The normalized spacial score (nSPS) is 31.4. The predicted octanol–water partition coefficient (Wildman–Crippen LogP) is 4.54. The summed E-state index contributed by atoms with van der Waals surface area (Å²) in [7, 11) is 0. The first-order valence-electron chi connectivity index (χ1n) is 7.75. The fourth-order valence-electron chi connectivity index (χ4n) is 4.37. The van der Waals surface area contributed by atoms with Gasteiger partial charge in [0, 0.05) is 6.04 Å². The van der Waals surface area contributed by atoms with Crippen LogP contribution in [0.25, 0.3) is 0 Å². The Morgan fingerprint density at radius 2 is 1.72 bits per heavy atom. The number of rotatable bonds is 3. The smallest absolute Gasteiger partial charge is 0.00773 e. The van der Waals surface area contributed by atoms with Crippen molar-refractivity contribution in [3.63, 3.8) is 0 Å². The molecule has 2 rings (SSSR count). The van der Waals surface area contributed by atoms with E-state index in [2.05, 4.69) is 45.2 Å². The number of allylic oxidation sites excluding steroid dienone is 2. The number of hydrogen-bond acceptors (Lipinski definition) is 1. The first-order valence-corrected chi connectivity index (χ1v) is 7.75. The first kappa shape index (κ1) is 14.1. The molecule has 18 heavy (non-hydrogen) atoms. The van der Waals surface area contributed by atoms with Crippen LogP contribution in [0.1, 0.15) is 66.2 Å². The molecule has 0 aliphatic heterocycles. The second-order valence-corrected chi connectivity index (χ2v) is 8.17. The minimum atomic E-state index is 0.506. The van der Waals surface area contributed by atoms with Crippen molar-refractivity contribution in [2.24, 2.45) is 16.7 Å². The largest absolute Gasteiger partial charge is 0.314 e. The predicted molar refractivity (Wildman–Crippen MR) is 79.7 cm³/mol. The number of hydrogen-bond donors (Lipinski definition) is 1. The second-order valence-electron chi connectivity index (χ2n) is 8.17. The molecule has 1 fully saturated rings. The molecule has 1 heteroatoms. The maximum atomic E-state index is 3.87. The monoisotopic (exact) mass is 249 g/mol. The van der Waals surface area contributed by atoms with Gasteiger partial charge in [0.25, 0.3) is 0 Å². The summed E-state index contributed by atoms with van der Waals surface area (Å²) in [5.41, 5.74) is 1.01. The van der Waals surface area contributed by atoms with Crippen molar-refractivity contribution in [3.8, 4) is 0 Å². The van der Waals surface area contributed by atoms with Gasteiger partial charge in [0.15, 0.2) is 0 Å². The van der Waals surface area contributed by atoms with Gasteiger partial charge in [-0.15, -0.1) is 0 Å². The van der Waals surface area contributed by atoms with E-state index in [9.17, 15) is 0 Å². The molecule has 2 aliphatic rings. The summed E-state index contributed by atoms with van der Waals surface area (Å²) in [6, 6.07) is 0.731. The highest BCUT2D eigenvalue weighted by Gasteiger charge is 2.38. The Morgan fingerprint density at radius 3 is 2.28 bits per heavy atom. The Hall–Kier alpha value is -0.300. The molecule has 0 spiro atoms. The molecule has 104 valence electrons. The summed E-state index contributed by atoms with van der Waals surface area (Å²) in [5.74, 6) is 0.878. The van der Waals surface area contributed by atoms with Gasteiger partial charge in [-0.05, 0) is 61.8 Å². The fourth-order valence-corrected chi connectivity index (χ4v) is 4.37. The zero-order valence-electron chi connectivity index (χ0n) is 12.8. The zero-order chi connectivity index (χ0) is 13.2. The molecule has 1 nitrogen and oxygen atoms in total. The van der Waals surface area contributed by atoms with Gasteiger partial charge in [-0.1, -0.05) is 39.8 Å². The maximum absolute atomic E-state index is 3.87. The summed E-state index contributed by atoms with van der Waals surface area (Å²) in [4.78, 5) is 0. The van der Waals surface area contributed by atoms with Gasteiger partial charge in [-0.3, -0.25) is 0 Å². The van der Waals surface area contributed by atoms with E-state index in [1.54, 1.807) is 0 Å². The van der Waals surface area contributed by atoms with Crippen molar-refractivity contribution in [1.82, 2.24) is 5.32 Å². The minimum Gasteiger partial charge on any atom is -0.314 e. The molecule has 1 atom stereocenters. The van der Waals surface area contributed by atoms with Crippen LogP contribution in [0.3, 0.4) is 0 Å². The zero-order valence-corrected chi connectivity index (χ0v) is 12.8. The van der Waals surface area contributed by atoms with Crippen LogP contribution in [0.15, 0.2) is 12.2 Å². The molecular weight excluding hydrogens is 218 g/mol. The maximum Gasteiger partial charge on any atom is 0.00773 e. The second kappa shape index (κ2) is 5.36. The first-order chi connectivity index (χ1) is 8.36. The third-order valence-electron chi connectivity index (χ3n) is 4.63. The van der Waals surface area contributed by atoms with Gasteiger partial charge in [-0.2, -0.15) is 0 Å². The van der Waals surface area contributed by atoms with Crippen molar-refractivity contribution in [1.29, 1.82) is 0 Å².